The normalized spacial score (nSPS) is 13.8. The van der Waals surface area contributed by atoms with Crippen LogP contribution in [0.3, 0.4) is 0 Å². The zero-order valence-corrected chi connectivity index (χ0v) is 10.9. The maximum Gasteiger partial charge on any atom is 0.416 e. The van der Waals surface area contributed by atoms with Crippen molar-refractivity contribution >= 4 is 15.9 Å². The second-order valence-electron chi connectivity index (χ2n) is 3.82. The molecule has 0 saturated heterocycles. The van der Waals surface area contributed by atoms with E-state index in [0.717, 1.165) is 6.07 Å². The summed E-state index contributed by atoms with van der Waals surface area (Å²) in [4.78, 5) is 0. The Morgan fingerprint density at radius 3 is 2.59 bits per heavy atom. The Morgan fingerprint density at radius 1 is 1.41 bits per heavy atom. The Hall–Kier alpha value is -0.590. The number of hydrogen-bond acceptors (Lipinski definition) is 2. The molecule has 17 heavy (non-hydrogen) atoms. The Labute approximate surface area is 107 Å². The molecular weight excluding hydrogens is 297 g/mol. The number of rotatable bonds is 4. The fraction of sp³-hybridized carbons (Fsp3) is 0.455. The highest BCUT2D eigenvalue weighted by Crippen LogP contribution is 2.33. The molecule has 0 bridgehead atoms. The van der Waals surface area contributed by atoms with E-state index in [4.69, 9.17) is 5.73 Å². The SMILES string of the molecule is C[C@H](CN)NCc1ccc(Br)cc1C(F)(F)F. The van der Waals surface area contributed by atoms with Gasteiger partial charge in [0.05, 0.1) is 5.56 Å². The smallest absolute Gasteiger partial charge is 0.329 e. The molecule has 0 aliphatic rings. The molecule has 1 atom stereocenters. The maximum atomic E-state index is 12.8. The van der Waals surface area contributed by atoms with Gasteiger partial charge in [0.1, 0.15) is 0 Å². The topological polar surface area (TPSA) is 38.0 Å². The van der Waals surface area contributed by atoms with Crippen LogP contribution in [0, 0.1) is 0 Å². The lowest BCUT2D eigenvalue weighted by Crippen LogP contribution is -2.33. The van der Waals surface area contributed by atoms with E-state index in [1.165, 1.54) is 6.07 Å². The van der Waals surface area contributed by atoms with Gasteiger partial charge in [-0.05, 0) is 24.6 Å². The first-order chi connectivity index (χ1) is 7.84. The number of nitrogens with two attached hydrogens (primary N) is 1. The van der Waals surface area contributed by atoms with Crippen LogP contribution in [-0.4, -0.2) is 12.6 Å². The number of benzene rings is 1. The average molecular weight is 311 g/mol. The third-order valence-corrected chi connectivity index (χ3v) is 2.87. The predicted molar refractivity (Wildman–Crippen MR) is 64.5 cm³/mol. The molecule has 0 fully saturated rings. The van der Waals surface area contributed by atoms with Crippen molar-refractivity contribution in [1.29, 1.82) is 0 Å². The van der Waals surface area contributed by atoms with Crippen LogP contribution in [0.2, 0.25) is 0 Å². The van der Waals surface area contributed by atoms with Crippen LogP contribution in [0.5, 0.6) is 0 Å². The molecule has 0 aliphatic heterocycles. The predicted octanol–water partition coefficient (Wildman–Crippen LogP) is 2.90. The highest BCUT2D eigenvalue weighted by molar-refractivity contribution is 9.10. The van der Waals surface area contributed by atoms with E-state index in [1.54, 1.807) is 6.07 Å². The van der Waals surface area contributed by atoms with Crippen LogP contribution < -0.4 is 11.1 Å². The number of hydrogen-bond donors (Lipinski definition) is 2. The summed E-state index contributed by atoms with van der Waals surface area (Å²) in [7, 11) is 0. The maximum absolute atomic E-state index is 12.8. The minimum absolute atomic E-state index is 0.0141. The minimum Gasteiger partial charge on any atom is -0.329 e. The Morgan fingerprint density at radius 2 is 2.06 bits per heavy atom. The third-order valence-electron chi connectivity index (χ3n) is 2.37. The van der Waals surface area contributed by atoms with Crippen LogP contribution in [0.4, 0.5) is 13.2 Å². The fourth-order valence-corrected chi connectivity index (χ4v) is 1.70. The molecule has 0 saturated carbocycles. The van der Waals surface area contributed by atoms with Gasteiger partial charge < -0.3 is 11.1 Å². The third kappa shape index (κ3) is 4.29. The van der Waals surface area contributed by atoms with Crippen molar-refractivity contribution in [1.82, 2.24) is 5.32 Å². The van der Waals surface area contributed by atoms with Gasteiger partial charge in [-0.15, -0.1) is 0 Å². The summed E-state index contributed by atoms with van der Waals surface area (Å²) in [5.41, 5.74) is 4.99. The van der Waals surface area contributed by atoms with Gasteiger partial charge >= 0.3 is 6.18 Å². The van der Waals surface area contributed by atoms with Crippen molar-refractivity contribution in [3.05, 3.63) is 33.8 Å². The summed E-state index contributed by atoms with van der Waals surface area (Å²) in [5, 5.41) is 2.94. The Balaban J connectivity index is 2.91. The van der Waals surface area contributed by atoms with Gasteiger partial charge in [0.15, 0.2) is 0 Å². The molecule has 1 rings (SSSR count). The summed E-state index contributed by atoms with van der Waals surface area (Å²) in [6.45, 7) is 2.37. The van der Waals surface area contributed by atoms with Crippen molar-refractivity contribution in [2.75, 3.05) is 6.54 Å². The Bertz CT molecular complexity index is 379. The quantitative estimate of drug-likeness (QED) is 0.897. The molecule has 0 radical (unpaired) electrons. The van der Waals surface area contributed by atoms with E-state index in [0.29, 0.717) is 11.0 Å². The van der Waals surface area contributed by atoms with E-state index in [2.05, 4.69) is 21.2 Å². The minimum atomic E-state index is -4.34. The molecule has 3 N–H and O–H groups in total. The summed E-state index contributed by atoms with van der Waals surface area (Å²) in [5.74, 6) is 0. The van der Waals surface area contributed by atoms with Crippen molar-refractivity contribution in [2.24, 2.45) is 5.73 Å². The standard InChI is InChI=1S/C11H14BrF3N2/c1-7(5-16)17-6-8-2-3-9(12)4-10(8)11(13,14)15/h2-4,7,17H,5-6,16H2,1H3/t7-/m1/s1. The zero-order chi connectivity index (χ0) is 13.1. The molecule has 0 amide bonds. The number of alkyl halides is 3. The molecule has 0 unspecified atom stereocenters. The van der Waals surface area contributed by atoms with Crippen LogP contribution in [-0.2, 0) is 12.7 Å². The van der Waals surface area contributed by atoms with E-state index in [9.17, 15) is 13.2 Å². The van der Waals surface area contributed by atoms with E-state index in [-0.39, 0.29) is 18.2 Å². The van der Waals surface area contributed by atoms with Crippen molar-refractivity contribution in [3.63, 3.8) is 0 Å². The van der Waals surface area contributed by atoms with Crippen LogP contribution in [0.1, 0.15) is 18.1 Å². The summed E-state index contributed by atoms with van der Waals surface area (Å²) >= 11 is 3.04. The first kappa shape index (κ1) is 14.5. The molecule has 1 aromatic rings. The Kier molecular flexibility index (Phi) is 4.97. The zero-order valence-electron chi connectivity index (χ0n) is 9.31. The first-order valence-electron chi connectivity index (χ1n) is 5.13. The molecule has 0 heterocycles. The highest BCUT2D eigenvalue weighted by Gasteiger charge is 2.33. The number of halogens is 4. The van der Waals surface area contributed by atoms with Gasteiger partial charge in [-0.25, -0.2) is 0 Å². The first-order valence-corrected chi connectivity index (χ1v) is 5.93. The van der Waals surface area contributed by atoms with Crippen molar-refractivity contribution in [2.45, 2.75) is 25.7 Å². The van der Waals surface area contributed by atoms with E-state index >= 15 is 0 Å². The van der Waals surface area contributed by atoms with Crippen LogP contribution in [0.25, 0.3) is 0 Å². The van der Waals surface area contributed by atoms with Gasteiger partial charge in [0.25, 0.3) is 0 Å². The highest BCUT2D eigenvalue weighted by atomic mass is 79.9. The lowest BCUT2D eigenvalue weighted by Gasteiger charge is -2.16. The van der Waals surface area contributed by atoms with Crippen molar-refractivity contribution < 1.29 is 13.2 Å². The molecule has 96 valence electrons. The molecule has 0 spiro atoms. The molecule has 6 heteroatoms. The van der Waals surface area contributed by atoms with Crippen LogP contribution in [0.15, 0.2) is 22.7 Å². The van der Waals surface area contributed by atoms with Gasteiger partial charge in [-0.3, -0.25) is 0 Å². The monoisotopic (exact) mass is 310 g/mol. The molecule has 0 aliphatic carbocycles. The lowest BCUT2D eigenvalue weighted by atomic mass is 10.1. The fourth-order valence-electron chi connectivity index (χ4n) is 1.33. The van der Waals surface area contributed by atoms with Gasteiger partial charge in [0.2, 0.25) is 0 Å². The van der Waals surface area contributed by atoms with E-state index < -0.39 is 11.7 Å². The summed E-state index contributed by atoms with van der Waals surface area (Å²) in [6.07, 6.45) is -4.34. The number of nitrogens with one attached hydrogen (secondary N) is 1. The molecule has 1 aromatic carbocycles. The lowest BCUT2D eigenvalue weighted by molar-refractivity contribution is -0.138. The van der Waals surface area contributed by atoms with Gasteiger partial charge in [-0.1, -0.05) is 22.0 Å². The van der Waals surface area contributed by atoms with E-state index in [1.807, 2.05) is 6.92 Å². The molecule has 2 nitrogen and oxygen atoms in total. The average Bonchev–Trinajstić information content (AvgIpc) is 2.25. The van der Waals surface area contributed by atoms with Gasteiger partial charge in [-0.2, -0.15) is 13.2 Å². The largest absolute Gasteiger partial charge is 0.416 e. The van der Waals surface area contributed by atoms with Gasteiger partial charge in [0, 0.05) is 23.6 Å². The van der Waals surface area contributed by atoms with Crippen LogP contribution >= 0.6 is 15.9 Å². The van der Waals surface area contributed by atoms with Crippen molar-refractivity contribution in [3.8, 4) is 0 Å². The molecule has 0 aromatic heterocycles. The molecular formula is C11H14BrF3N2. The summed E-state index contributed by atoms with van der Waals surface area (Å²) in [6, 6.07) is 4.13. The second kappa shape index (κ2) is 5.84. The second-order valence-corrected chi connectivity index (χ2v) is 4.73. The summed E-state index contributed by atoms with van der Waals surface area (Å²) < 4.78 is 38.7.